The molecule has 0 aliphatic carbocycles. The summed E-state index contributed by atoms with van der Waals surface area (Å²) in [5.74, 6) is 2.10. The molecule has 0 saturated heterocycles. The molecule has 4 heterocycles. The Morgan fingerprint density at radius 2 is 1.19 bits per heavy atom. The maximum atomic E-state index is 5.73. The Bertz CT molecular complexity index is 4250. The Balaban J connectivity index is 0.000000261. The zero-order valence-electron chi connectivity index (χ0n) is 45.9. The fourth-order valence-corrected chi connectivity index (χ4v) is 14.4. The number of thiophene rings is 1. The minimum Gasteiger partial charge on any atom is -0.349 e. The van der Waals surface area contributed by atoms with E-state index in [2.05, 4.69) is 263 Å². The summed E-state index contributed by atoms with van der Waals surface area (Å²) in [7, 11) is -1.34. The van der Waals surface area contributed by atoms with E-state index in [9.17, 15) is 0 Å². The molecule has 0 atom stereocenters. The van der Waals surface area contributed by atoms with Crippen LogP contribution in [0.3, 0.4) is 0 Å². The van der Waals surface area contributed by atoms with Gasteiger partial charge in [0.2, 0.25) is 0 Å². The molecule has 1 radical (unpaired) electrons. The molecule has 0 unspecified atom stereocenters. The van der Waals surface area contributed by atoms with E-state index in [-0.39, 0.29) is 31.9 Å². The number of benzene rings is 9. The van der Waals surface area contributed by atoms with Crippen LogP contribution >= 0.6 is 11.3 Å². The van der Waals surface area contributed by atoms with Crippen LogP contribution in [0.15, 0.2) is 194 Å². The molecule has 389 valence electrons. The van der Waals surface area contributed by atoms with Crippen molar-refractivity contribution in [2.45, 2.75) is 79.4 Å². The maximum absolute atomic E-state index is 5.73. The van der Waals surface area contributed by atoms with Gasteiger partial charge < -0.3 is 14.1 Å². The summed E-state index contributed by atoms with van der Waals surface area (Å²) in [4.78, 5) is 10.4. The number of para-hydroxylation sites is 2. The van der Waals surface area contributed by atoms with E-state index in [1.165, 1.54) is 86.1 Å². The first kappa shape index (κ1) is 52.8. The van der Waals surface area contributed by atoms with Crippen molar-refractivity contribution in [3.63, 3.8) is 0 Å². The number of hydrogen-bond acceptors (Lipinski definition) is 3. The molecule has 78 heavy (non-hydrogen) atoms. The van der Waals surface area contributed by atoms with Crippen LogP contribution in [-0.4, -0.2) is 27.2 Å². The van der Waals surface area contributed by atoms with Crippen LogP contribution in [-0.2, 0) is 26.5 Å². The first-order valence-electron chi connectivity index (χ1n) is 27.3. The SMILES string of the molecule is CC(C)Cc1cc(-c2[c-]cccc2)ncc1[Si](C)(C)C.CC(C)c1cc(-c2ccccc2)cc(C(C)C)c1-n1c(-c2[c-]cc(-n3c4ccccc4c4ccccc43)c3sc4ccccc4c23)nc2c3ccccc3ccc21.[Ir]. The van der Waals surface area contributed by atoms with Crippen LogP contribution in [0.2, 0.25) is 19.6 Å². The van der Waals surface area contributed by atoms with Gasteiger partial charge in [0.25, 0.3) is 0 Å². The molecule has 13 rings (SSSR count). The molecule has 0 aliphatic heterocycles. The average Bonchev–Trinajstić information content (AvgIpc) is 4.33. The van der Waals surface area contributed by atoms with E-state index < -0.39 is 8.07 Å². The Kier molecular flexibility index (Phi) is 14.6. The van der Waals surface area contributed by atoms with E-state index in [0.29, 0.717) is 5.92 Å². The number of nitrogens with zero attached hydrogens (tertiary/aromatic N) is 4. The Morgan fingerprint density at radius 1 is 0.577 bits per heavy atom. The van der Waals surface area contributed by atoms with Crippen LogP contribution in [0.4, 0.5) is 0 Å². The molecule has 0 aliphatic rings. The topological polar surface area (TPSA) is 35.6 Å². The smallest absolute Gasteiger partial charge is 0.0852 e. The Morgan fingerprint density at radius 3 is 1.83 bits per heavy atom. The van der Waals surface area contributed by atoms with E-state index in [1.54, 1.807) is 0 Å². The van der Waals surface area contributed by atoms with Crippen molar-refractivity contribution in [2.24, 2.45) is 5.92 Å². The summed E-state index contributed by atoms with van der Waals surface area (Å²) >= 11 is 1.86. The summed E-state index contributed by atoms with van der Waals surface area (Å²) in [6, 6.07) is 75.0. The molecule has 0 saturated carbocycles. The standard InChI is InChI=1S/C53H40N3S.C18H24NSi.Ir/c1-32(2)42-30-36(34-16-6-5-7-17-34)31-43(33(3)4)51(42)56-46-28-26-35-18-8-9-19-37(35)50(46)54-53(56)41-27-29-47(52-49(41)40-22-12-15-25-48(40)57-52)55-44-23-13-10-20-38(44)39-21-11-14-24-45(39)55;1-14(2)11-16-12-17(15-9-7-6-8-10-15)19-13-18(16)20(3,4)5;/h5-26,28-33H,1-4H3;6-9,12-14H,11H2,1-5H3;/q2*-1;. The van der Waals surface area contributed by atoms with Gasteiger partial charge in [0.1, 0.15) is 0 Å². The molecule has 4 nitrogen and oxygen atoms in total. The second-order valence-electron chi connectivity index (χ2n) is 22.7. The van der Waals surface area contributed by atoms with E-state index in [1.807, 2.05) is 29.5 Å². The second kappa shape index (κ2) is 21.5. The molecule has 0 N–H and O–H groups in total. The fraction of sp³-hybridized carbons (Fsp3) is 0.183. The molecule has 13 aromatic rings. The second-order valence-corrected chi connectivity index (χ2v) is 28.8. The third-order valence-corrected chi connectivity index (χ3v) is 18.4. The first-order chi connectivity index (χ1) is 37.3. The van der Waals surface area contributed by atoms with Crippen molar-refractivity contribution in [1.29, 1.82) is 0 Å². The molecule has 4 aromatic heterocycles. The molecule has 9 aromatic carbocycles. The number of rotatable bonds is 10. The number of aromatic nitrogens is 4. The average molecular weight is 1230 g/mol. The predicted octanol–water partition coefficient (Wildman–Crippen LogP) is 19.3. The molecule has 0 fully saturated rings. The van der Waals surface area contributed by atoms with Gasteiger partial charge in [-0.3, -0.25) is 4.98 Å². The monoisotopic (exact) mass is 1230 g/mol. The molecule has 0 amide bonds. The van der Waals surface area contributed by atoms with Crippen LogP contribution in [0.1, 0.15) is 70.1 Å². The third-order valence-electron chi connectivity index (χ3n) is 15.2. The van der Waals surface area contributed by atoms with Crippen molar-refractivity contribution in [2.75, 3.05) is 0 Å². The van der Waals surface area contributed by atoms with Gasteiger partial charge >= 0.3 is 0 Å². The van der Waals surface area contributed by atoms with Gasteiger partial charge in [-0.25, -0.2) is 0 Å². The van der Waals surface area contributed by atoms with Crippen molar-refractivity contribution >= 4 is 88.4 Å². The largest absolute Gasteiger partial charge is 0.349 e. The summed E-state index contributed by atoms with van der Waals surface area (Å²) in [5, 5.41) is 8.75. The number of hydrogen-bond donors (Lipinski definition) is 0. The Labute approximate surface area is 477 Å². The third kappa shape index (κ3) is 9.55. The van der Waals surface area contributed by atoms with Gasteiger partial charge in [-0.1, -0.05) is 199 Å². The van der Waals surface area contributed by atoms with Gasteiger partial charge in [0, 0.05) is 63.9 Å². The summed E-state index contributed by atoms with van der Waals surface area (Å²) < 4.78 is 7.41. The molecular weight excluding hydrogens is 1160 g/mol. The quantitative estimate of drug-likeness (QED) is 0.101. The predicted molar refractivity (Wildman–Crippen MR) is 334 cm³/mol. The molecular formula is C71H64IrN4SSi-2. The minimum absolute atomic E-state index is 0. The summed E-state index contributed by atoms with van der Waals surface area (Å²) in [6.07, 6.45) is 3.24. The number of imidazole rings is 1. The van der Waals surface area contributed by atoms with Gasteiger partial charge in [0.05, 0.1) is 24.9 Å². The van der Waals surface area contributed by atoms with Crippen molar-refractivity contribution in [3.05, 3.63) is 223 Å². The van der Waals surface area contributed by atoms with E-state index in [4.69, 9.17) is 4.98 Å². The number of pyridine rings is 1. The van der Waals surface area contributed by atoms with E-state index >= 15 is 0 Å². The summed E-state index contributed by atoms with van der Waals surface area (Å²) in [5.41, 5.74) is 16.6. The van der Waals surface area contributed by atoms with E-state index in [0.717, 1.165) is 51.2 Å². The molecule has 0 spiro atoms. The van der Waals surface area contributed by atoms with Crippen molar-refractivity contribution < 1.29 is 20.1 Å². The van der Waals surface area contributed by atoms with Crippen molar-refractivity contribution in [1.82, 2.24) is 19.1 Å². The van der Waals surface area contributed by atoms with Crippen LogP contribution in [0, 0.1) is 18.1 Å². The maximum Gasteiger partial charge on any atom is 0.0852 e. The normalized spacial score (nSPS) is 11.9. The van der Waals surface area contributed by atoms with Crippen LogP contribution in [0.25, 0.3) is 109 Å². The van der Waals surface area contributed by atoms with Crippen LogP contribution < -0.4 is 5.19 Å². The zero-order valence-corrected chi connectivity index (χ0v) is 50.2. The number of fused-ring (bicyclic) bond motifs is 9. The first-order valence-corrected chi connectivity index (χ1v) is 31.6. The van der Waals surface area contributed by atoms with Gasteiger partial charge in [-0.15, -0.1) is 48.0 Å². The minimum atomic E-state index is -1.34. The fourth-order valence-electron chi connectivity index (χ4n) is 11.6. The zero-order chi connectivity index (χ0) is 53.1. The van der Waals surface area contributed by atoms with Gasteiger partial charge in [0.15, 0.2) is 0 Å². The van der Waals surface area contributed by atoms with Crippen molar-refractivity contribution in [3.8, 4) is 45.1 Å². The molecule has 7 heteroatoms. The molecule has 0 bridgehead atoms. The van der Waals surface area contributed by atoms with Crippen LogP contribution in [0.5, 0.6) is 0 Å². The summed E-state index contributed by atoms with van der Waals surface area (Å²) in [6.45, 7) is 21.0. The Hall–Kier alpha value is -7.25. The van der Waals surface area contributed by atoms with Gasteiger partial charge in [-0.05, 0) is 115 Å². The van der Waals surface area contributed by atoms with Gasteiger partial charge in [-0.2, -0.15) is 11.3 Å².